The summed E-state index contributed by atoms with van der Waals surface area (Å²) >= 11 is 0. The number of alkyl halides is 2. The number of hydrogen-bond acceptors (Lipinski definition) is 5. The molecule has 0 bridgehead atoms. The van der Waals surface area contributed by atoms with E-state index in [9.17, 15) is 18.7 Å². The van der Waals surface area contributed by atoms with E-state index in [1.807, 2.05) is 11.5 Å². The molecule has 0 aliphatic rings. The Bertz CT molecular complexity index is 1040. The number of aliphatic hydroxyl groups excluding tert-OH is 1. The number of aliphatic hydroxyl groups is 1. The summed E-state index contributed by atoms with van der Waals surface area (Å²) in [6.07, 6.45) is 2.37. The molecule has 3 aromatic heterocycles. The fourth-order valence-corrected chi connectivity index (χ4v) is 2.92. The minimum absolute atomic E-state index is 0.107. The Balaban J connectivity index is 2.27. The van der Waals surface area contributed by atoms with Crippen LogP contribution in [0.4, 0.5) is 14.6 Å². The molecule has 3 aromatic rings. The van der Waals surface area contributed by atoms with Gasteiger partial charge in [-0.05, 0) is 26.0 Å². The summed E-state index contributed by atoms with van der Waals surface area (Å²) in [6.45, 7) is 6.11. The number of hydrogen-bond donors (Lipinski definition) is 2. The first kappa shape index (κ1) is 19.8. The van der Waals surface area contributed by atoms with Gasteiger partial charge in [-0.3, -0.25) is 4.79 Å². The smallest absolute Gasteiger partial charge is 0.303 e. The number of halogens is 2. The van der Waals surface area contributed by atoms with E-state index in [1.54, 1.807) is 18.5 Å². The highest BCUT2D eigenvalue weighted by molar-refractivity contribution is 5.98. The Kier molecular flexibility index (Phi) is 5.12. The van der Waals surface area contributed by atoms with E-state index >= 15 is 0 Å². The summed E-state index contributed by atoms with van der Waals surface area (Å²) < 4.78 is 29.7. The van der Waals surface area contributed by atoms with Crippen molar-refractivity contribution in [3.63, 3.8) is 0 Å². The SMILES string of the molecule is CCn1cc(-c2cc(C(C)O)nc(C(C)(F)F)n2)c2cc(NC(C)=O)ncc21. The average molecular weight is 389 g/mol. The molecule has 0 saturated carbocycles. The van der Waals surface area contributed by atoms with Crippen LogP contribution in [0.1, 0.15) is 45.3 Å². The Morgan fingerprint density at radius 1 is 1.36 bits per heavy atom. The van der Waals surface area contributed by atoms with E-state index in [4.69, 9.17) is 0 Å². The number of rotatable bonds is 5. The topological polar surface area (TPSA) is 92.9 Å². The van der Waals surface area contributed by atoms with Gasteiger partial charge in [0.05, 0.1) is 29.2 Å². The number of aryl methyl sites for hydroxylation is 1. The largest absolute Gasteiger partial charge is 0.387 e. The molecule has 0 radical (unpaired) electrons. The van der Waals surface area contributed by atoms with Crippen molar-refractivity contribution in [1.29, 1.82) is 0 Å². The Morgan fingerprint density at radius 2 is 2.07 bits per heavy atom. The van der Waals surface area contributed by atoms with E-state index < -0.39 is 17.9 Å². The summed E-state index contributed by atoms with van der Waals surface area (Å²) in [4.78, 5) is 23.4. The van der Waals surface area contributed by atoms with Crippen LogP contribution in [0.5, 0.6) is 0 Å². The maximum Gasteiger partial charge on any atom is 0.303 e. The van der Waals surface area contributed by atoms with Gasteiger partial charge in [0.2, 0.25) is 5.91 Å². The van der Waals surface area contributed by atoms with Crippen LogP contribution in [-0.2, 0) is 17.3 Å². The number of aromatic nitrogens is 4. The van der Waals surface area contributed by atoms with Gasteiger partial charge in [0.25, 0.3) is 0 Å². The lowest BCUT2D eigenvalue weighted by Gasteiger charge is -2.13. The molecule has 9 heteroatoms. The summed E-state index contributed by atoms with van der Waals surface area (Å²) in [6, 6.07) is 3.17. The minimum Gasteiger partial charge on any atom is -0.387 e. The van der Waals surface area contributed by atoms with E-state index in [-0.39, 0.29) is 17.3 Å². The number of pyridine rings is 1. The Morgan fingerprint density at radius 3 is 2.64 bits per heavy atom. The Hall–Kier alpha value is -2.94. The van der Waals surface area contributed by atoms with Crippen molar-refractivity contribution in [1.82, 2.24) is 19.5 Å². The maximum atomic E-state index is 13.9. The number of amides is 1. The predicted octanol–water partition coefficient (Wildman–Crippen LogP) is 3.64. The summed E-state index contributed by atoms with van der Waals surface area (Å²) in [5.74, 6) is -3.84. The van der Waals surface area contributed by atoms with Crippen molar-refractivity contribution in [3.05, 3.63) is 36.0 Å². The molecule has 148 valence electrons. The molecule has 0 saturated heterocycles. The summed E-state index contributed by atoms with van der Waals surface area (Å²) in [5, 5.41) is 13.2. The molecule has 0 spiro atoms. The third-order valence-corrected chi connectivity index (χ3v) is 4.25. The average Bonchev–Trinajstić information content (AvgIpc) is 2.98. The van der Waals surface area contributed by atoms with Crippen molar-refractivity contribution in [2.75, 3.05) is 5.32 Å². The number of nitrogens with zero attached hydrogens (tertiary/aromatic N) is 4. The van der Waals surface area contributed by atoms with Gasteiger partial charge in [0, 0.05) is 37.5 Å². The molecule has 0 aliphatic heterocycles. The van der Waals surface area contributed by atoms with Crippen LogP contribution in [0.3, 0.4) is 0 Å². The lowest BCUT2D eigenvalue weighted by Crippen LogP contribution is -2.15. The van der Waals surface area contributed by atoms with E-state index in [2.05, 4.69) is 20.3 Å². The zero-order chi connectivity index (χ0) is 20.6. The van der Waals surface area contributed by atoms with Crippen molar-refractivity contribution < 1.29 is 18.7 Å². The van der Waals surface area contributed by atoms with Crippen molar-refractivity contribution in [3.8, 4) is 11.3 Å². The highest BCUT2D eigenvalue weighted by Gasteiger charge is 2.30. The third kappa shape index (κ3) is 3.84. The highest BCUT2D eigenvalue weighted by atomic mass is 19.3. The monoisotopic (exact) mass is 389 g/mol. The second kappa shape index (κ2) is 7.23. The molecule has 2 N–H and O–H groups in total. The lowest BCUT2D eigenvalue weighted by molar-refractivity contribution is -0.114. The molecule has 3 heterocycles. The van der Waals surface area contributed by atoms with Crippen LogP contribution >= 0.6 is 0 Å². The van der Waals surface area contributed by atoms with E-state index in [1.165, 1.54) is 19.9 Å². The number of nitrogens with one attached hydrogen (secondary N) is 1. The zero-order valence-electron chi connectivity index (χ0n) is 16.0. The van der Waals surface area contributed by atoms with Gasteiger partial charge in [-0.1, -0.05) is 0 Å². The van der Waals surface area contributed by atoms with Gasteiger partial charge in [0.1, 0.15) is 5.82 Å². The first-order valence-electron chi connectivity index (χ1n) is 8.82. The summed E-state index contributed by atoms with van der Waals surface area (Å²) in [5.41, 5.74) is 1.73. The number of carbonyl (C=O) groups excluding carboxylic acids is 1. The fourth-order valence-electron chi connectivity index (χ4n) is 2.92. The molecule has 28 heavy (non-hydrogen) atoms. The second-order valence-corrected chi connectivity index (χ2v) is 6.66. The van der Waals surface area contributed by atoms with Crippen molar-refractivity contribution >= 4 is 22.6 Å². The van der Waals surface area contributed by atoms with Gasteiger partial charge >= 0.3 is 5.92 Å². The van der Waals surface area contributed by atoms with Crippen LogP contribution in [-0.4, -0.2) is 30.5 Å². The van der Waals surface area contributed by atoms with Gasteiger partial charge in [0.15, 0.2) is 5.82 Å². The van der Waals surface area contributed by atoms with Gasteiger partial charge < -0.3 is 15.0 Å². The minimum atomic E-state index is -3.26. The predicted molar refractivity (Wildman–Crippen MR) is 101 cm³/mol. The molecular formula is C19H21F2N5O2. The lowest BCUT2D eigenvalue weighted by atomic mass is 10.1. The van der Waals surface area contributed by atoms with Gasteiger partial charge in [-0.25, -0.2) is 15.0 Å². The molecule has 0 aromatic carbocycles. The molecule has 0 fully saturated rings. The molecule has 3 rings (SSSR count). The molecule has 1 amide bonds. The maximum absolute atomic E-state index is 13.9. The van der Waals surface area contributed by atoms with Crippen molar-refractivity contribution in [2.24, 2.45) is 0 Å². The van der Waals surface area contributed by atoms with Crippen molar-refractivity contribution in [2.45, 2.75) is 46.3 Å². The molecular weight excluding hydrogens is 368 g/mol. The first-order chi connectivity index (χ1) is 13.1. The van der Waals surface area contributed by atoms with Crippen LogP contribution in [0.2, 0.25) is 0 Å². The van der Waals surface area contributed by atoms with E-state index in [0.29, 0.717) is 30.2 Å². The Labute approximate surface area is 160 Å². The van der Waals surface area contributed by atoms with Gasteiger partial charge in [-0.2, -0.15) is 8.78 Å². The third-order valence-electron chi connectivity index (χ3n) is 4.25. The molecule has 7 nitrogen and oxygen atoms in total. The number of fused-ring (bicyclic) bond motifs is 1. The standard InChI is InChI=1S/C19H21F2N5O2/c1-5-26-9-13(12-6-17(23-11(3)28)22-8-16(12)26)15-7-14(10(2)27)24-18(25-15)19(4,20)21/h6-10,27H,5H2,1-4H3,(H,22,23,28). The van der Waals surface area contributed by atoms with Gasteiger partial charge in [-0.15, -0.1) is 0 Å². The first-order valence-corrected chi connectivity index (χ1v) is 8.82. The number of carbonyl (C=O) groups is 1. The quantitative estimate of drug-likeness (QED) is 0.695. The number of anilines is 1. The van der Waals surface area contributed by atoms with Crippen LogP contribution < -0.4 is 5.32 Å². The van der Waals surface area contributed by atoms with Crippen LogP contribution in [0, 0.1) is 0 Å². The normalized spacial score (nSPS) is 13.0. The second-order valence-electron chi connectivity index (χ2n) is 6.66. The highest BCUT2D eigenvalue weighted by Crippen LogP contribution is 2.34. The summed E-state index contributed by atoms with van der Waals surface area (Å²) in [7, 11) is 0. The zero-order valence-corrected chi connectivity index (χ0v) is 16.0. The van der Waals surface area contributed by atoms with Crippen LogP contribution in [0.15, 0.2) is 24.5 Å². The molecule has 0 aliphatic carbocycles. The van der Waals surface area contributed by atoms with Crippen LogP contribution in [0.25, 0.3) is 22.2 Å². The fraction of sp³-hybridized carbons (Fsp3) is 0.368. The molecule has 1 atom stereocenters. The van der Waals surface area contributed by atoms with E-state index in [0.717, 1.165) is 5.52 Å². The molecule has 1 unspecified atom stereocenters.